The lowest BCUT2D eigenvalue weighted by atomic mass is 9.42. The van der Waals surface area contributed by atoms with Crippen LogP contribution in [0.1, 0.15) is 25.0 Å². The number of nitrogens with zero attached hydrogens (tertiary/aromatic N) is 1. The van der Waals surface area contributed by atoms with E-state index < -0.39 is 11.1 Å². The largest absolute Gasteiger partial charge is 0.301 e. The smallest absolute Gasteiger partial charge is 0.232 e. The number of anilines is 1. The summed E-state index contributed by atoms with van der Waals surface area (Å²) in [7, 11) is 0. The van der Waals surface area contributed by atoms with E-state index in [1.54, 1.807) is 0 Å². The number of alkyl halides is 1. The van der Waals surface area contributed by atoms with Gasteiger partial charge in [-0.2, -0.15) is 0 Å². The number of hydrogen-bond acceptors (Lipinski definition) is 3. The normalized spacial score (nSPS) is 36.7. The van der Waals surface area contributed by atoms with E-state index in [1.807, 2.05) is 12.3 Å². The predicted octanol–water partition coefficient (Wildman–Crippen LogP) is 2.28. The maximum atomic E-state index is 13.2. The van der Waals surface area contributed by atoms with E-state index in [2.05, 4.69) is 10.3 Å². The highest BCUT2D eigenvalue weighted by Gasteiger charge is 2.72. The average Bonchev–Trinajstić information content (AvgIpc) is 2.43. The second-order valence-electron chi connectivity index (χ2n) is 4.71. The average molecular weight is 226 g/mol. The molecule has 1 aromatic rings. The van der Waals surface area contributed by atoms with Crippen molar-refractivity contribution in [3.63, 3.8) is 0 Å². The molecule has 1 heterocycles. The Bertz CT molecular complexity index is 423. The SMILES string of the molecule is Cc1csc(NC(=O)C23CC(F)(C2)C3)n1. The zero-order chi connectivity index (χ0) is 10.7. The highest BCUT2D eigenvalue weighted by molar-refractivity contribution is 7.13. The number of aromatic nitrogens is 1. The first kappa shape index (κ1) is 9.27. The maximum Gasteiger partial charge on any atom is 0.232 e. The lowest BCUT2D eigenvalue weighted by Gasteiger charge is -2.64. The Balaban J connectivity index is 1.68. The molecule has 3 nitrogen and oxygen atoms in total. The molecule has 0 unspecified atom stereocenters. The van der Waals surface area contributed by atoms with Crippen LogP contribution in [0.25, 0.3) is 0 Å². The molecule has 0 aliphatic heterocycles. The monoisotopic (exact) mass is 226 g/mol. The minimum Gasteiger partial charge on any atom is -0.301 e. The molecule has 3 aliphatic carbocycles. The van der Waals surface area contributed by atoms with Crippen molar-refractivity contribution in [2.45, 2.75) is 31.9 Å². The molecule has 0 atom stereocenters. The summed E-state index contributed by atoms with van der Waals surface area (Å²) in [5.41, 5.74) is -0.528. The van der Waals surface area contributed by atoms with E-state index in [9.17, 15) is 9.18 Å². The van der Waals surface area contributed by atoms with Crippen molar-refractivity contribution in [2.24, 2.45) is 5.41 Å². The molecule has 1 amide bonds. The number of thiazole rings is 1. The lowest BCUT2D eigenvalue weighted by molar-refractivity contribution is -0.209. The van der Waals surface area contributed by atoms with Gasteiger partial charge in [-0.25, -0.2) is 9.37 Å². The number of aryl methyl sites for hydroxylation is 1. The maximum absolute atomic E-state index is 13.2. The summed E-state index contributed by atoms with van der Waals surface area (Å²) in [4.78, 5) is 15.9. The summed E-state index contributed by atoms with van der Waals surface area (Å²) in [6.45, 7) is 1.88. The van der Waals surface area contributed by atoms with E-state index in [0.717, 1.165) is 5.69 Å². The molecule has 2 bridgehead atoms. The fourth-order valence-corrected chi connectivity index (χ4v) is 3.23. The third-order valence-electron chi connectivity index (χ3n) is 3.29. The number of rotatable bonds is 2. The Hall–Kier alpha value is -0.970. The van der Waals surface area contributed by atoms with Crippen LogP contribution in [0.3, 0.4) is 0 Å². The molecule has 80 valence electrons. The fourth-order valence-electron chi connectivity index (χ4n) is 2.55. The molecule has 3 saturated carbocycles. The van der Waals surface area contributed by atoms with Crippen molar-refractivity contribution >= 4 is 22.4 Å². The molecule has 0 aromatic carbocycles. The number of carbonyl (C=O) groups excluding carboxylic acids is 1. The zero-order valence-electron chi connectivity index (χ0n) is 8.34. The summed E-state index contributed by atoms with van der Waals surface area (Å²) >= 11 is 1.41. The summed E-state index contributed by atoms with van der Waals surface area (Å²) < 4.78 is 13.2. The van der Waals surface area contributed by atoms with E-state index in [4.69, 9.17) is 0 Å². The van der Waals surface area contributed by atoms with Crippen LogP contribution >= 0.6 is 11.3 Å². The van der Waals surface area contributed by atoms with Crippen LogP contribution in [0.2, 0.25) is 0 Å². The van der Waals surface area contributed by atoms with Gasteiger partial charge >= 0.3 is 0 Å². The number of carbonyl (C=O) groups is 1. The van der Waals surface area contributed by atoms with E-state index in [-0.39, 0.29) is 5.91 Å². The van der Waals surface area contributed by atoms with Gasteiger partial charge < -0.3 is 5.32 Å². The number of nitrogens with one attached hydrogen (secondary N) is 1. The molecule has 1 N–H and O–H groups in total. The van der Waals surface area contributed by atoms with Gasteiger partial charge in [0.05, 0.1) is 11.1 Å². The topological polar surface area (TPSA) is 42.0 Å². The van der Waals surface area contributed by atoms with Crippen LogP contribution in [0.5, 0.6) is 0 Å². The van der Waals surface area contributed by atoms with Crippen LogP contribution in [0.4, 0.5) is 9.52 Å². The van der Waals surface area contributed by atoms with Crippen LogP contribution in [-0.2, 0) is 4.79 Å². The van der Waals surface area contributed by atoms with Crippen molar-refractivity contribution in [1.82, 2.24) is 4.98 Å². The van der Waals surface area contributed by atoms with Gasteiger partial charge in [0.25, 0.3) is 0 Å². The zero-order valence-corrected chi connectivity index (χ0v) is 9.16. The molecule has 0 radical (unpaired) electrons. The van der Waals surface area contributed by atoms with Gasteiger partial charge in [0.15, 0.2) is 5.13 Å². The summed E-state index contributed by atoms with van der Waals surface area (Å²) in [6.07, 6.45) is 1.20. The molecule has 1 aromatic heterocycles. The van der Waals surface area contributed by atoms with Crippen molar-refractivity contribution < 1.29 is 9.18 Å². The van der Waals surface area contributed by atoms with Crippen molar-refractivity contribution in [3.8, 4) is 0 Å². The van der Waals surface area contributed by atoms with Gasteiger partial charge in [0, 0.05) is 5.38 Å². The standard InChI is InChI=1S/C10H11FN2OS/c1-6-2-15-8(12-6)13-7(14)9-3-10(11,4-9)5-9/h2H,3-5H2,1H3,(H,12,13,14). The fraction of sp³-hybridized carbons (Fsp3) is 0.600. The van der Waals surface area contributed by atoms with Crippen LogP contribution in [0.15, 0.2) is 5.38 Å². The minimum atomic E-state index is -1.02. The van der Waals surface area contributed by atoms with Crippen molar-refractivity contribution in [3.05, 3.63) is 11.1 Å². The van der Waals surface area contributed by atoms with Crippen molar-refractivity contribution in [1.29, 1.82) is 0 Å². The van der Waals surface area contributed by atoms with Crippen LogP contribution < -0.4 is 5.32 Å². The Kier molecular flexibility index (Phi) is 1.60. The molecule has 3 fully saturated rings. The molecule has 15 heavy (non-hydrogen) atoms. The Morgan fingerprint density at radius 2 is 2.27 bits per heavy atom. The first-order valence-electron chi connectivity index (χ1n) is 4.94. The Morgan fingerprint density at radius 3 is 2.73 bits per heavy atom. The van der Waals surface area contributed by atoms with E-state index in [0.29, 0.717) is 24.4 Å². The predicted molar refractivity (Wildman–Crippen MR) is 55.6 cm³/mol. The highest BCUT2D eigenvalue weighted by atomic mass is 32.1. The molecule has 4 rings (SSSR count). The summed E-state index contributed by atoms with van der Waals surface area (Å²) in [5, 5.41) is 5.27. The molecular formula is C10H11FN2OS. The van der Waals surface area contributed by atoms with Crippen LogP contribution in [-0.4, -0.2) is 16.6 Å². The first-order chi connectivity index (χ1) is 7.01. The van der Waals surface area contributed by atoms with Crippen LogP contribution in [0, 0.1) is 12.3 Å². The summed E-state index contributed by atoms with van der Waals surface area (Å²) in [6, 6.07) is 0. The van der Waals surface area contributed by atoms with Gasteiger partial charge in [0.2, 0.25) is 5.91 Å². The number of halogens is 1. The van der Waals surface area contributed by atoms with Gasteiger partial charge in [-0.05, 0) is 26.2 Å². The van der Waals surface area contributed by atoms with E-state index >= 15 is 0 Å². The van der Waals surface area contributed by atoms with Gasteiger partial charge in [-0.1, -0.05) is 0 Å². The third kappa shape index (κ3) is 1.22. The highest BCUT2D eigenvalue weighted by Crippen LogP contribution is 2.69. The number of amides is 1. The molecule has 3 aliphatic rings. The van der Waals surface area contributed by atoms with Crippen molar-refractivity contribution in [2.75, 3.05) is 5.32 Å². The summed E-state index contributed by atoms with van der Waals surface area (Å²) in [5.74, 6) is -0.0589. The van der Waals surface area contributed by atoms with Gasteiger partial charge in [-0.15, -0.1) is 11.3 Å². The molecule has 0 spiro atoms. The molecule has 5 heteroatoms. The third-order valence-corrected chi connectivity index (χ3v) is 4.16. The minimum absolute atomic E-state index is 0.0589. The second kappa shape index (κ2) is 2.58. The number of hydrogen-bond donors (Lipinski definition) is 1. The molecule has 0 saturated heterocycles. The Morgan fingerprint density at radius 1 is 1.60 bits per heavy atom. The molecular weight excluding hydrogens is 215 g/mol. The quantitative estimate of drug-likeness (QED) is 0.840. The lowest BCUT2D eigenvalue weighted by Crippen LogP contribution is -2.68. The second-order valence-corrected chi connectivity index (χ2v) is 5.57. The van der Waals surface area contributed by atoms with Gasteiger partial charge in [0.1, 0.15) is 5.67 Å². The Labute approximate surface area is 90.7 Å². The van der Waals surface area contributed by atoms with Gasteiger partial charge in [-0.3, -0.25) is 4.79 Å². The van der Waals surface area contributed by atoms with E-state index in [1.165, 1.54) is 11.3 Å². The first-order valence-corrected chi connectivity index (χ1v) is 5.82.